The van der Waals surface area contributed by atoms with Gasteiger partial charge in [0.1, 0.15) is 0 Å². The molecule has 0 unspecified atom stereocenters. The van der Waals surface area contributed by atoms with Crippen molar-refractivity contribution in [2.75, 3.05) is 48.9 Å². The van der Waals surface area contributed by atoms with Crippen LogP contribution in [0.1, 0.15) is 11.1 Å². The molecule has 0 aliphatic carbocycles. The van der Waals surface area contributed by atoms with Gasteiger partial charge in [-0.3, -0.25) is 0 Å². The largest absolute Gasteiger partial charge is 0.399 e. The summed E-state index contributed by atoms with van der Waals surface area (Å²) in [6.07, 6.45) is 0.575. The lowest BCUT2D eigenvalue weighted by Crippen LogP contribution is -2.36. The smallest absolute Gasteiger partial charge is 0.0642 e. The number of hydrogen-bond acceptors (Lipinski definition) is 5. The van der Waals surface area contributed by atoms with Gasteiger partial charge in [0, 0.05) is 43.3 Å². The highest BCUT2D eigenvalue weighted by atomic mass is 16.5. The van der Waals surface area contributed by atoms with Crippen molar-refractivity contribution in [1.82, 2.24) is 0 Å². The first-order valence-electron chi connectivity index (χ1n) is 8.41. The van der Waals surface area contributed by atoms with E-state index in [9.17, 15) is 0 Å². The highest BCUT2D eigenvalue weighted by Gasteiger charge is 2.14. The molecule has 1 aliphatic rings. The van der Waals surface area contributed by atoms with Gasteiger partial charge >= 0.3 is 0 Å². The number of rotatable bonds is 6. The SMILES string of the molecule is Nc1ccc(NCc2ccccc2N2CCOCC2)cc1CCO. The minimum absolute atomic E-state index is 0.105. The number of hydrogen-bond donors (Lipinski definition) is 3. The van der Waals surface area contributed by atoms with E-state index in [1.807, 2.05) is 18.2 Å². The lowest BCUT2D eigenvalue weighted by atomic mass is 10.1. The molecule has 2 aromatic carbocycles. The van der Waals surface area contributed by atoms with E-state index in [2.05, 4.69) is 34.5 Å². The van der Waals surface area contributed by atoms with Crippen LogP contribution in [-0.4, -0.2) is 38.0 Å². The van der Waals surface area contributed by atoms with Gasteiger partial charge in [-0.15, -0.1) is 0 Å². The Hall–Kier alpha value is -2.24. The average Bonchev–Trinajstić information content (AvgIpc) is 2.63. The third kappa shape index (κ3) is 3.99. The first-order valence-corrected chi connectivity index (χ1v) is 8.41. The molecule has 0 aromatic heterocycles. The van der Waals surface area contributed by atoms with Gasteiger partial charge < -0.3 is 25.8 Å². The molecule has 5 heteroatoms. The van der Waals surface area contributed by atoms with E-state index in [0.29, 0.717) is 6.42 Å². The van der Waals surface area contributed by atoms with Crippen molar-refractivity contribution in [3.05, 3.63) is 53.6 Å². The molecule has 24 heavy (non-hydrogen) atoms. The number of nitrogens with two attached hydrogens (primary N) is 1. The van der Waals surface area contributed by atoms with Crippen LogP contribution in [0.15, 0.2) is 42.5 Å². The molecule has 1 saturated heterocycles. The maximum atomic E-state index is 9.13. The molecular formula is C19H25N3O2. The topological polar surface area (TPSA) is 70.8 Å². The second-order valence-electron chi connectivity index (χ2n) is 5.97. The zero-order valence-corrected chi connectivity index (χ0v) is 13.9. The standard InChI is InChI=1S/C19H25N3O2/c20-18-6-5-17(13-15(18)7-10-23)21-14-16-3-1-2-4-19(16)22-8-11-24-12-9-22/h1-6,13,21,23H,7-12,14,20H2. The number of nitrogens with one attached hydrogen (secondary N) is 1. The predicted molar refractivity (Wildman–Crippen MR) is 98.4 cm³/mol. The molecule has 0 atom stereocenters. The number of morpholine rings is 1. The maximum Gasteiger partial charge on any atom is 0.0642 e. The van der Waals surface area contributed by atoms with Gasteiger partial charge in [-0.25, -0.2) is 0 Å². The van der Waals surface area contributed by atoms with Crippen LogP contribution < -0.4 is 16.0 Å². The molecule has 0 radical (unpaired) electrons. The van der Waals surface area contributed by atoms with E-state index < -0.39 is 0 Å². The van der Waals surface area contributed by atoms with E-state index >= 15 is 0 Å². The normalized spacial score (nSPS) is 14.6. The minimum atomic E-state index is 0.105. The molecular weight excluding hydrogens is 302 g/mol. The molecule has 128 valence electrons. The Labute approximate surface area is 143 Å². The zero-order valence-electron chi connectivity index (χ0n) is 13.9. The second-order valence-corrected chi connectivity index (χ2v) is 5.97. The van der Waals surface area contributed by atoms with Gasteiger partial charge in [-0.05, 0) is 41.8 Å². The Balaban J connectivity index is 1.71. The van der Waals surface area contributed by atoms with Crippen LogP contribution in [0.4, 0.5) is 17.1 Å². The van der Waals surface area contributed by atoms with E-state index in [-0.39, 0.29) is 6.61 Å². The molecule has 1 aliphatic heterocycles. The Morgan fingerprint density at radius 1 is 1.08 bits per heavy atom. The Morgan fingerprint density at radius 3 is 2.67 bits per heavy atom. The molecule has 2 aromatic rings. The number of ether oxygens (including phenoxy) is 1. The van der Waals surface area contributed by atoms with Crippen LogP contribution in [0.5, 0.6) is 0 Å². The molecule has 5 nitrogen and oxygen atoms in total. The summed E-state index contributed by atoms with van der Waals surface area (Å²) in [5.74, 6) is 0. The van der Waals surface area contributed by atoms with Gasteiger partial charge in [0.2, 0.25) is 0 Å². The fourth-order valence-corrected chi connectivity index (χ4v) is 3.02. The van der Waals surface area contributed by atoms with Gasteiger partial charge in [-0.1, -0.05) is 18.2 Å². The number of benzene rings is 2. The maximum absolute atomic E-state index is 9.13. The highest BCUT2D eigenvalue weighted by Crippen LogP contribution is 2.24. The van der Waals surface area contributed by atoms with Crippen molar-refractivity contribution in [1.29, 1.82) is 0 Å². The summed E-state index contributed by atoms with van der Waals surface area (Å²) in [4.78, 5) is 2.38. The average molecular weight is 327 g/mol. The van der Waals surface area contributed by atoms with Crippen LogP contribution >= 0.6 is 0 Å². The van der Waals surface area contributed by atoms with Crippen molar-refractivity contribution in [3.8, 4) is 0 Å². The lowest BCUT2D eigenvalue weighted by Gasteiger charge is -2.30. The lowest BCUT2D eigenvalue weighted by molar-refractivity contribution is 0.122. The summed E-state index contributed by atoms with van der Waals surface area (Å²) >= 11 is 0. The number of aliphatic hydroxyl groups is 1. The van der Waals surface area contributed by atoms with Gasteiger partial charge in [0.05, 0.1) is 13.2 Å². The number of anilines is 3. The molecule has 4 N–H and O–H groups in total. The summed E-state index contributed by atoms with van der Waals surface area (Å²) in [6.45, 7) is 4.27. The molecule has 1 heterocycles. The van der Waals surface area contributed by atoms with Crippen LogP contribution in [0.25, 0.3) is 0 Å². The van der Waals surface area contributed by atoms with Crippen molar-refractivity contribution >= 4 is 17.1 Å². The van der Waals surface area contributed by atoms with Crippen molar-refractivity contribution in [2.24, 2.45) is 0 Å². The van der Waals surface area contributed by atoms with E-state index in [1.54, 1.807) is 0 Å². The van der Waals surface area contributed by atoms with Gasteiger partial charge in [0.15, 0.2) is 0 Å². The van der Waals surface area contributed by atoms with Crippen molar-refractivity contribution in [2.45, 2.75) is 13.0 Å². The fraction of sp³-hybridized carbons (Fsp3) is 0.368. The van der Waals surface area contributed by atoms with Gasteiger partial charge in [-0.2, -0.15) is 0 Å². The predicted octanol–water partition coefficient (Wildman–Crippen LogP) is 2.25. The molecule has 3 rings (SSSR count). The second kappa shape index (κ2) is 8.04. The Kier molecular flexibility index (Phi) is 5.56. The van der Waals surface area contributed by atoms with Gasteiger partial charge in [0.25, 0.3) is 0 Å². The van der Waals surface area contributed by atoms with Crippen LogP contribution in [0, 0.1) is 0 Å². The van der Waals surface area contributed by atoms with Crippen LogP contribution in [0.2, 0.25) is 0 Å². The minimum Gasteiger partial charge on any atom is -0.399 e. The van der Waals surface area contributed by atoms with Crippen LogP contribution in [0.3, 0.4) is 0 Å². The molecule has 1 fully saturated rings. The molecule has 0 amide bonds. The Morgan fingerprint density at radius 2 is 1.88 bits per heavy atom. The van der Waals surface area contributed by atoms with E-state index in [4.69, 9.17) is 15.6 Å². The molecule has 0 saturated carbocycles. The first-order chi connectivity index (χ1) is 11.8. The number of nitrogen functional groups attached to an aromatic ring is 1. The number of nitrogens with zero attached hydrogens (tertiary/aromatic N) is 1. The summed E-state index contributed by atoms with van der Waals surface area (Å²) in [6, 6.07) is 14.4. The highest BCUT2D eigenvalue weighted by molar-refractivity contribution is 5.59. The summed E-state index contributed by atoms with van der Waals surface area (Å²) in [5.41, 5.74) is 11.2. The summed E-state index contributed by atoms with van der Waals surface area (Å²) < 4.78 is 5.45. The third-order valence-corrected chi connectivity index (χ3v) is 4.35. The van der Waals surface area contributed by atoms with E-state index in [0.717, 1.165) is 49.8 Å². The zero-order chi connectivity index (χ0) is 16.8. The first kappa shape index (κ1) is 16.6. The summed E-state index contributed by atoms with van der Waals surface area (Å²) in [5, 5.41) is 12.6. The summed E-state index contributed by atoms with van der Waals surface area (Å²) in [7, 11) is 0. The quantitative estimate of drug-likeness (QED) is 0.710. The fourth-order valence-electron chi connectivity index (χ4n) is 3.02. The van der Waals surface area contributed by atoms with Crippen LogP contribution in [-0.2, 0) is 17.7 Å². The number of aliphatic hydroxyl groups excluding tert-OH is 1. The monoisotopic (exact) mass is 327 g/mol. The third-order valence-electron chi connectivity index (χ3n) is 4.35. The molecule has 0 bridgehead atoms. The Bertz CT molecular complexity index is 669. The van der Waals surface area contributed by atoms with E-state index in [1.165, 1.54) is 11.3 Å². The number of para-hydroxylation sites is 1. The van der Waals surface area contributed by atoms with Crippen molar-refractivity contribution < 1.29 is 9.84 Å². The molecule has 0 spiro atoms. The van der Waals surface area contributed by atoms with Crippen molar-refractivity contribution in [3.63, 3.8) is 0 Å².